The van der Waals surface area contributed by atoms with E-state index in [9.17, 15) is 18.0 Å². The largest absolute Gasteiger partial charge is 0.497 e. The summed E-state index contributed by atoms with van der Waals surface area (Å²) in [5, 5.41) is 4.63. The minimum absolute atomic E-state index is 0.263. The van der Waals surface area contributed by atoms with Crippen molar-refractivity contribution in [3.63, 3.8) is 0 Å². The number of urea groups is 1. The number of methoxy groups -OCH3 is 2. The first-order valence-corrected chi connectivity index (χ1v) is 6.81. The fourth-order valence-electron chi connectivity index (χ4n) is 2.03. The molecule has 8 heteroatoms. The summed E-state index contributed by atoms with van der Waals surface area (Å²) in [7, 11) is 2.86. The molecule has 0 atom stereocenters. The number of amides is 2. The van der Waals surface area contributed by atoms with Gasteiger partial charge in [-0.25, -0.2) is 4.79 Å². The summed E-state index contributed by atoms with van der Waals surface area (Å²) in [6, 6.07) is 8.56. The topological polar surface area (TPSA) is 59.6 Å². The molecule has 128 valence electrons. The lowest BCUT2D eigenvalue weighted by Gasteiger charge is -2.15. The van der Waals surface area contributed by atoms with E-state index in [1.807, 2.05) is 0 Å². The van der Waals surface area contributed by atoms with Crippen LogP contribution in [0.4, 0.5) is 29.3 Å². The fourth-order valence-corrected chi connectivity index (χ4v) is 2.03. The number of carbonyl (C=O) groups excluding carboxylic acids is 1. The molecule has 2 amide bonds. The lowest BCUT2D eigenvalue weighted by Crippen LogP contribution is -2.22. The Morgan fingerprint density at radius 2 is 1.62 bits per heavy atom. The Morgan fingerprint density at radius 3 is 2.25 bits per heavy atom. The van der Waals surface area contributed by atoms with Gasteiger partial charge in [0.05, 0.1) is 31.2 Å². The van der Waals surface area contributed by atoms with Gasteiger partial charge in [-0.05, 0) is 24.3 Å². The third-order valence-corrected chi connectivity index (χ3v) is 3.14. The lowest BCUT2D eigenvalue weighted by molar-refractivity contribution is -0.136. The van der Waals surface area contributed by atoms with Crippen LogP contribution in [0.25, 0.3) is 0 Å². The van der Waals surface area contributed by atoms with E-state index in [1.54, 1.807) is 12.1 Å². The zero-order chi connectivity index (χ0) is 17.7. The highest BCUT2D eigenvalue weighted by Gasteiger charge is 2.33. The van der Waals surface area contributed by atoms with Crippen molar-refractivity contribution in [2.45, 2.75) is 6.18 Å². The molecule has 0 unspecified atom stereocenters. The van der Waals surface area contributed by atoms with Crippen molar-refractivity contribution in [3.05, 3.63) is 48.0 Å². The lowest BCUT2D eigenvalue weighted by atomic mass is 10.1. The third kappa shape index (κ3) is 4.09. The van der Waals surface area contributed by atoms with Gasteiger partial charge >= 0.3 is 12.2 Å². The number of alkyl halides is 3. The van der Waals surface area contributed by atoms with Gasteiger partial charge in [0.2, 0.25) is 0 Å². The molecule has 0 saturated heterocycles. The second kappa shape index (κ2) is 7.12. The number of anilines is 2. The number of carbonyl (C=O) groups is 1. The van der Waals surface area contributed by atoms with E-state index in [1.165, 1.54) is 38.5 Å². The number of rotatable bonds is 4. The van der Waals surface area contributed by atoms with Gasteiger partial charge in [-0.1, -0.05) is 12.1 Å². The third-order valence-electron chi connectivity index (χ3n) is 3.14. The van der Waals surface area contributed by atoms with Gasteiger partial charge in [-0.3, -0.25) is 0 Å². The van der Waals surface area contributed by atoms with E-state index >= 15 is 0 Å². The molecular formula is C16H15F3N2O3. The van der Waals surface area contributed by atoms with Crippen LogP contribution >= 0.6 is 0 Å². The number of hydrogen-bond donors (Lipinski definition) is 2. The quantitative estimate of drug-likeness (QED) is 0.869. The molecule has 0 heterocycles. The maximum atomic E-state index is 12.9. The van der Waals surface area contributed by atoms with Crippen LogP contribution in [-0.4, -0.2) is 20.3 Å². The molecule has 0 radical (unpaired) electrons. The highest BCUT2D eigenvalue weighted by atomic mass is 19.4. The van der Waals surface area contributed by atoms with Gasteiger partial charge in [-0.15, -0.1) is 0 Å². The molecule has 2 aromatic rings. The predicted molar refractivity (Wildman–Crippen MR) is 83.6 cm³/mol. The number of benzene rings is 2. The molecule has 0 aliphatic heterocycles. The van der Waals surface area contributed by atoms with Crippen molar-refractivity contribution >= 4 is 17.4 Å². The Balaban J connectivity index is 2.21. The van der Waals surface area contributed by atoms with Crippen molar-refractivity contribution in [1.29, 1.82) is 0 Å². The van der Waals surface area contributed by atoms with E-state index < -0.39 is 17.8 Å². The van der Waals surface area contributed by atoms with Gasteiger partial charge in [0.1, 0.15) is 11.5 Å². The Hall–Kier alpha value is -2.90. The maximum absolute atomic E-state index is 12.9. The molecule has 24 heavy (non-hydrogen) atoms. The molecule has 0 bridgehead atoms. The van der Waals surface area contributed by atoms with E-state index in [-0.39, 0.29) is 11.4 Å². The minimum atomic E-state index is -4.57. The van der Waals surface area contributed by atoms with Gasteiger partial charge < -0.3 is 20.1 Å². The first kappa shape index (κ1) is 17.5. The number of nitrogens with one attached hydrogen (secondary N) is 2. The molecule has 0 saturated carbocycles. The summed E-state index contributed by atoms with van der Waals surface area (Å²) in [6.45, 7) is 0. The van der Waals surface area contributed by atoms with Crippen LogP contribution in [0.5, 0.6) is 11.5 Å². The van der Waals surface area contributed by atoms with E-state index in [0.717, 1.165) is 6.07 Å². The molecule has 0 spiro atoms. The Kier molecular flexibility index (Phi) is 5.18. The molecule has 2 rings (SSSR count). The van der Waals surface area contributed by atoms with Crippen molar-refractivity contribution in [3.8, 4) is 11.5 Å². The van der Waals surface area contributed by atoms with E-state index in [2.05, 4.69) is 10.6 Å². The maximum Gasteiger partial charge on any atom is 0.418 e. The van der Waals surface area contributed by atoms with Crippen molar-refractivity contribution in [2.24, 2.45) is 0 Å². The molecule has 2 N–H and O–H groups in total. The summed E-state index contributed by atoms with van der Waals surface area (Å²) < 4.78 is 48.9. The van der Waals surface area contributed by atoms with Gasteiger partial charge in [0, 0.05) is 6.07 Å². The molecule has 0 aliphatic rings. The summed E-state index contributed by atoms with van der Waals surface area (Å²) in [5.74, 6) is 0.803. The van der Waals surface area contributed by atoms with Crippen LogP contribution < -0.4 is 20.1 Å². The Bertz CT molecular complexity index is 733. The summed E-state index contributed by atoms with van der Waals surface area (Å²) in [6.07, 6.45) is -4.57. The second-order valence-electron chi connectivity index (χ2n) is 4.69. The standard InChI is InChI=1S/C16H15F3N2O3/c1-23-10-7-8-14(24-2)13(9-10)21-15(22)20-12-6-4-3-5-11(12)16(17,18)19/h3-9H,1-2H3,(H2,20,21,22). The first-order valence-electron chi connectivity index (χ1n) is 6.81. The molecule has 0 aromatic heterocycles. The molecule has 2 aromatic carbocycles. The van der Waals surface area contributed by atoms with Crippen molar-refractivity contribution < 1.29 is 27.4 Å². The van der Waals surface area contributed by atoms with Gasteiger partial charge in [-0.2, -0.15) is 13.2 Å². The summed E-state index contributed by atoms with van der Waals surface area (Å²) in [4.78, 5) is 12.0. The number of para-hydroxylation sites is 1. The van der Waals surface area contributed by atoms with Crippen LogP contribution in [0.3, 0.4) is 0 Å². The van der Waals surface area contributed by atoms with Gasteiger partial charge in [0.25, 0.3) is 0 Å². The zero-order valence-corrected chi connectivity index (χ0v) is 12.9. The first-order chi connectivity index (χ1) is 11.3. The smallest absolute Gasteiger partial charge is 0.418 e. The second-order valence-corrected chi connectivity index (χ2v) is 4.69. The van der Waals surface area contributed by atoms with E-state index in [0.29, 0.717) is 11.5 Å². The van der Waals surface area contributed by atoms with Crippen LogP contribution in [0.2, 0.25) is 0 Å². The number of ether oxygens (including phenoxy) is 2. The van der Waals surface area contributed by atoms with Gasteiger partial charge in [0.15, 0.2) is 0 Å². The fraction of sp³-hybridized carbons (Fsp3) is 0.188. The molecular weight excluding hydrogens is 325 g/mol. The van der Waals surface area contributed by atoms with Crippen LogP contribution in [0, 0.1) is 0 Å². The number of hydrogen-bond acceptors (Lipinski definition) is 3. The zero-order valence-electron chi connectivity index (χ0n) is 12.9. The van der Waals surface area contributed by atoms with Crippen molar-refractivity contribution in [2.75, 3.05) is 24.9 Å². The van der Waals surface area contributed by atoms with Crippen LogP contribution in [0.1, 0.15) is 5.56 Å². The Morgan fingerprint density at radius 1 is 0.958 bits per heavy atom. The highest BCUT2D eigenvalue weighted by molar-refractivity contribution is 6.01. The average molecular weight is 340 g/mol. The molecule has 5 nitrogen and oxygen atoms in total. The van der Waals surface area contributed by atoms with Crippen LogP contribution in [0.15, 0.2) is 42.5 Å². The summed E-state index contributed by atoms with van der Waals surface area (Å²) in [5.41, 5.74) is -1.01. The predicted octanol–water partition coefficient (Wildman–Crippen LogP) is 4.37. The highest BCUT2D eigenvalue weighted by Crippen LogP contribution is 2.35. The SMILES string of the molecule is COc1ccc(OC)c(NC(=O)Nc2ccccc2C(F)(F)F)c1. The Labute approximate surface area is 136 Å². The number of halogens is 3. The average Bonchev–Trinajstić information content (AvgIpc) is 2.54. The monoisotopic (exact) mass is 340 g/mol. The summed E-state index contributed by atoms with van der Waals surface area (Å²) >= 11 is 0. The van der Waals surface area contributed by atoms with Crippen LogP contribution in [-0.2, 0) is 6.18 Å². The van der Waals surface area contributed by atoms with Crippen molar-refractivity contribution in [1.82, 2.24) is 0 Å². The normalized spacial score (nSPS) is 10.9. The minimum Gasteiger partial charge on any atom is -0.497 e. The molecule has 0 aliphatic carbocycles. The molecule has 0 fully saturated rings. The van der Waals surface area contributed by atoms with E-state index in [4.69, 9.17) is 9.47 Å².